The number of imidazole rings is 1. The Kier molecular flexibility index (Phi) is 3.13. The number of fused-ring (bicyclic) bond motifs is 1. The minimum absolute atomic E-state index is 0.592. The summed E-state index contributed by atoms with van der Waals surface area (Å²) in [6.45, 7) is 2.05. The molecule has 3 aromatic rings. The molecule has 0 aliphatic heterocycles. The van der Waals surface area contributed by atoms with E-state index in [-0.39, 0.29) is 0 Å². The van der Waals surface area contributed by atoms with E-state index in [9.17, 15) is 5.26 Å². The molecule has 0 saturated carbocycles. The predicted molar refractivity (Wildman–Crippen MR) is 83.3 cm³/mol. The smallest absolute Gasteiger partial charge is 0.151 e. The van der Waals surface area contributed by atoms with Crippen LogP contribution in [-0.2, 0) is 7.05 Å². The predicted octanol–water partition coefficient (Wildman–Crippen LogP) is 4.01. The zero-order valence-corrected chi connectivity index (χ0v) is 12.1. The zero-order chi connectivity index (χ0) is 14.1. The first-order valence-electron chi connectivity index (χ1n) is 6.28. The highest BCUT2D eigenvalue weighted by Crippen LogP contribution is 2.25. The molecule has 3 nitrogen and oxygen atoms in total. The summed E-state index contributed by atoms with van der Waals surface area (Å²) in [6, 6.07) is 12.2. The van der Waals surface area contributed by atoms with Crippen LogP contribution in [0.25, 0.3) is 22.7 Å². The largest absolute Gasteiger partial charge is 0.327 e. The maximum atomic E-state index is 9.45. The highest BCUT2D eigenvalue weighted by Gasteiger charge is 2.12. The quantitative estimate of drug-likeness (QED) is 0.665. The molecular formula is C16H13N3S. The SMILES string of the molecule is Cc1ccsc1C=C(C#N)c1nc2ccccc2n1C. The lowest BCUT2D eigenvalue weighted by molar-refractivity contribution is 0.925. The minimum Gasteiger partial charge on any atom is -0.327 e. The molecule has 0 radical (unpaired) electrons. The van der Waals surface area contributed by atoms with E-state index >= 15 is 0 Å². The number of nitrogens with zero attached hydrogens (tertiary/aromatic N) is 3. The summed E-state index contributed by atoms with van der Waals surface area (Å²) in [5, 5.41) is 11.5. The Labute approximate surface area is 121 Å². The van der Waals surface area contributed by atoms with Crippen LogP contribution in [0, 0.1) is 18.3 Å². The van der Waals surface area contributed by atoms with Gasteiger partial charge in [-0.1, -0.05) is 12.1 Å². The number of para-hydroxylation sites is 2. The van der Waals surface area contributed by atoms with Crippen LogP contribution in [0.5, 0.6) is 0 Å². The average molecular weight is 279 g/mol. The van der Waals surface area contributed by atoms with Gasteiger partial charge in [-0.25, -0.2) is 4.98 Å². The second kappa shape index (κ2) is 4.95. The number of rotatable bonds is 2. The van der Waals surface area contributed by atoms with E-state index < -0.39 is 0 Å². The highest BCUT2D eigenvalue weighted by atomic mass is 32.1. The van der Waals surface area contributed by atoms with E-state index in [0.29, 0.717) is 11.4 Å². The van der Waals surface area contributed by atoms with Crippen molar-refractivity contribution in [1.29, 1.82) is 5.26 Å². The first-order valence-corrected chi connectivity index (χ1v) is 7.16. The van der Waals surface area contributed by atoms with Crippen LogP contribution in [0.2, 0.25) is 0 Å². The zero-order valence-electron chi connectivity index (χ0n) is 11.3. The van der Waals surface area contributed by atoms with Crippen molar-refractivity contribution in [3.05, 3.63) is 52.0 Å². The second-order valence-electron chi connectivity index (χ2n) is 4.62. The van der Waals surface area contributed by atoms with Gasteiger partial charge >= 0.3 is 0 Å². The van der Waals surface area contributed by atoms with E-state index in [1.54, 1.807) is 11.3 Å². The third kappa shape index (κ3) is 2.02. The Hall–Kier alpha value is -2.38. The van der Waals surface area contributed by atoms with Crippen LogP contribution < -0.4 is 0 Å². The van der Waals surface area contributed by atoms with E-state index in [1.807, 2.05) is 54.3 Å². The molecule has 0 atom stereocenters. The Morgan fingerprint density at radius 2 is 2.15 bits per heavy atom. The molecule has 3 rings (SSSR count). The fourth-order valence-corrected chi connectivity index (χ4v) is 3.06. The van der Waals surface area contributed by atoms with Crippen LogP contribution >= 0.6 is 11.3 Å². The summed E-state index contributed by atoms with van der Waals surface area (Å²) in [6.07, 6.45) is 1.92. The molecule has 0 amide bonds. The third-order valence-electron chi connectivity index (χ3n) is 3.33. The van der Waals surface area contributed by atoms with Gasteiger partial charge in [0, 0.05) is 11.9 Å². The molecule has 0 saturated heterocycles. The third-order valence-corrected chi connectivity index (χ3v) is 4.29. The van der Waals surface area contributed by atoms with Gasteiger partial charge in [0.05, 0.1) is 16.6 Å². The molecule has 2 heterocycles. The molecule has 0 bridgehead atoms. The van der Waals surface area contributed by atoms with Crippen molar-refractivity contribution in [3.63, 3.8) is 0 Å². The number of aromatic nitrogens is 2. The first kappa shape index (κ1) is 12.6. The molecule has 1 aromatic carbocycles. The molecule has 0 unspecified atom stereocenters. The molecule has 2 aromatic heterocycles. The molecular weight excluding hydrogens is 266 g/mol. The number of nitriles is 1. The summed E-state index contributed by atoms with van der Waals surface area (Å²) < 4.78 is 1.97. The number of allylic oxidation sites excluding steroid dienone is 1. The Morgan fingerprint density at radius 1 is 1.35 bits per heavy atom. The molecule has 0 spiro atoms. The van der Waals surface area contributed by atoms with Gasteiger partial charge in [0.2, 0.25) is 0 Å². The Morgan fingerprint density at radius 3 is 2.80 bits per heavy atom. The van der Waals surface area contributed by atoms with Crippen LogP contribution in [0.1, 0.15) is 16.3 Å². The van der Waals surface area contributed by atoms with Gasteiger partial charge in [0.1, 0.15) is 6.07 Å². The fraction of sp³-hybridized carbons (Fsp3) is 0.125. The molecule has 0 aliphatic rings. The monoisotopic (exact) mass is 279 g/mol. The van der Waals surface area contributed by atoms with Crippen LogP contribution in [0.4, 0.5) is 0 Å². The lowest BCUT2D eigenvalue weighted by Gasteiger charge is -2.00. The lowest BCUT2D eigenvalue weighted by atomic mass is 10.2. The maximum absolute atomic E-state index is 9.45. The molecule has 4 heteroatoms. The van der Waals surface area contributed by atoms with E-state index in [2.05, 4.69) is 17.1 Å². The van der Waals surface area contributed by atoms with E-state index in [4.69, 9.17) is 0 Å². The second-order valence-corrected chi connectivity index (χ2v) is 5.57. The first-order chi connectivity index (χ1) is 9.70. The minimum atomic E-state index is 0.592. The summed E-state index contributed by atoms with van der Waals surface area (Å²) >= 11 is 1.64. The van der Waals surface area contributed by atoms with Crippen molar-refractivity contribution in [2.45, 2.75) is 6.92 Å². The Bertz CT molecular complexity index is 846. The number of thiophene rings is 1. The summed E-state index contributed by atoms with van der Waals surface area (Å²) in [5.41, 5.74) is 3.72. The molecule has 0 aliphatic carbocycles. The van der Waals surface area contributed by atoms with Gasteiger partial charge in [-0.15, -0.1) is 11.3 Å². The summed E-state index contributed by atoms with van der Waals surface area (Å²) in [4.78, 5) is 5.68. The van der Waals surface area contributed by atoms with Crippen molar-refractivity contribution in [3.8, 4) is 6.07 Å². The molecule has 98 valence electrons. The van der Waals surface area contributed by atoms with Gasteiger partial charge in [0.25, 0.3) is 0 Å². The number of benzene rings is 1. The van der Waals surface area contributed by atoms with E-state index in [1.165, 1.54) is 5.56 Å². The molecule has 0 N–H and O–H groups in total. The lowest BCUT2D eigenvalue weighted by Crippen LogP contribution is -1.95. The molecule has 20 heavy (non-hydrogen) atoms. The van der Waals surface area contributed by atoms with Gasteiger partial charge in [-0.3, -0.25) is 0 Å². The van der Waals surface area contributed by atoms with Crippen molar-refractivity contribution >= 4 is 34.0 Å². The van der Waals surface area contributed by atoms with Crippen molar-refractivity contribution in [2.24, 2.45) is 7.05 Å². The normalized spacial score (nSPS) is 11.8. The fourth-order valence-electron chi connectivity index (χ4n) is 2.20. The van der Waals surface area contributed by atoms with Gasteiger partial charge < -0.3 is 4.57 Å². The Balaban J connectivity index is 2.18. The van der Waals surface area contributed by atoms with Gasteiger partial charge in [-0.2, -0.15) is 5.26 Å². The summed E-state index contributed by atoms with van der Waals surface area (Å²) in [7, 11) is 1.94. The molecule has 0 fully saturated rings. The standard InChI is InChI=1S/C16H13N3S/c1-11-7-8-20-15(11)9-12(10-17)16-18-13-5-3-4-6-14(13)19(16)2/h3-9H,1-2H3. The van der Waals surface area contributed by atoms with Crippen molar-refractivity contribution in [2.75, 3.05) is 0 Å². The van der Waals surface area contributed by atoms with Gasteiger partial charge in [-0.05, 0) is 42.1 Å². The number of hydrogen-bond acceptors (Lipinski definition) is 3. The average Bonchev–Trinajstić information content (AvgIpc) is 3.01. The van der Waals surface area contributed by atoms with Crippen LogP contribution in [-0.4, -0.2) is 9.55 Å². The van der Waals surface area contributed by atoms with Gasteiger partial charge in [0.15, 0.2) is 5.82 Å². The topological polar surface area (TPSA) is 41.6 Å². The highest BCUT2D eigenvalue weighted by molar-refractivity contribution is 7.11. The maximum Gasteiger partial charge on any atom is 0.151 e. The van der Waals surface area contributed by atoms with Crippen molar-refractivity contribution in [1.82, 2.24) is 9.55 Å². The summed E-state index contributed by atoms with van der Waals surface area (Å²) in [5.74, 6) is 0.710. The van der Waals surface area contributed by atoms with Crippen molar-refractivity contribution < 1.29 is 0 Å². The van der Waals surface area contributed by atoms with Crippen LogP contribution in [0.3, 0.4) is 0 Å². The van der Waals surface area contributed by atoms with Crippen LogP contribution in [0.15, 0.2) is 35.7 Å². The van der Waals surface area contributed by atoms with E-state index in [0.717, 1.165) is 15.9 Å². The number of hydrogen-bond donors (Lipinski definition) is 0. The number of aryl methyl sites for hydroxylation is 2.